The van der Waals surface area contributed by atoms with E-state index in [-0.39, 0.29) is 11.8 Å². The van der Waals surface area contributed by atoms with Crippen molar-refractivity contribution in [2.75, 3.05) is 11.4 Å². The molecule has 2 heterocycles. The molecule has 0 N–H and O–H groups in total. The van der Waals surface area contributed by atoms with Crippen LogP contribution >= 0.6 is 15.9 Å². The van der Waals surface area contributed by atoms with Crippen molar-refractivity contribution in [3.05, 3.63) is 22.8 Å². The van der Waals surface area contributed by atoms with Crippen LogP contribution in [0.2, 0.25) is 0 Å². The molecule has 4 heteroatoms. The Bertz CT molecular complexity index is 350. The number of anilines is 1. The summed E-state index contributed by atoms with van der Waals surface area (Å²) < 4.78 is 0.931. The Balaban J connectivity index is 2.24. The van der Waals surface area contributed by atoms with Gasteiger partial charge in [-0.3, -0.25) is 9.69 Å². The zero-order valence-electron chi connectivity index (χ0n) is 7.90. The van der Waals surface area contributed by atoms with Crippen LogP contribution < -0.4 is 4.90 Å². The molecule has 14 heavy (non-hydrogen) atoms. The average Bonchev–Trinajstić information content (AvgIpc) is 2.50. The summed E-state index contributed by atoms with van der Waals surface area (Å²) in [6, 6.07) is 3.76. The van der Waals surface area contributed by atoms with E-state index in [0.29, 0.717) is 0 Å². The van der Waals surface area contributed by atoms with Gasteiger partial charge in [-0.15, -0.1) is 0 Å². The first kappa shape index (κ1) is 9.65. The molecule has 0 saturated carbocycles. The largest absolute Gasteiger partial charge is 0.297 e. The zero-order chi connectivity index (χ0) is 10.1. The maximum absolute atomic E-state index is 11.7. The number of hydrogen-bond acceptors (Lipinski definition) is 2. The number of hydrogen-bond donors (Lipinski definition) is 0. The first-order valence-corrected chi connectivity index (χ1v) is 5.40. The minimum Gasteiger partial charge on any atom is -0.297 e. The van der Waals surface area contributed by atoms with Crippen molar-refractivity contribution in [2.24, 2.45) is 5.92 Å². The molecule has 1 aromatic heterocycles. The molecule has 0 aromatic carbocycles. The lowest BCUT2D eigenvalue weighted by Gasteiger charge is -2.14. The molecule has 1 fully saturated rings. The fraction of sp³-hybridized carbons (Fsp3) is 0.400. The maximum atomic E-state index is 11.7. The van der Waals surface area contributed by atoms with Crippen LogP contribution in [0, 0.1) is 5.92 Å². The zero-order valence-corrected chi connectivity index (χ0v) is 9.49. The third kappa shape index (κ3) is 1.66. The number of carbonyl (C=O) groups is 1. The highest BCUT2D eigenvalue weighted by Crippen LogP contribution is 2.23. The molecule has 0 aliphatic carbocycles. The van der Waals surface area contributed by atoms with Crippen LogP contribution in [0.25, 0.3) is 0 Å². The summed E-state index contributed by atoms with van der Waals surface area (Å²) >= 11 is 3.32. The van der Waals surface area contributed by atoms with Crippen molar-refractivity contribution in [3.8, 4) is 0 Å². The summed E-state index contributed by atoms with van der Waals surface area (Å²) in [5.41, 5.74) is 0. The molecular weight excluding hydrogens is 244 g/mol. The molecule has 1 amide bonds. The van der Waals surface area contributed by atoms with Gasteiger partial charge in [-0.2, -0.15) is 0 Å². The van der Waals surface area contributed by atoms with E-state index in [2.05, 4.69) is 20.9 Å². The van der Waals surface area contributed by atoms with Crippen molar-refractivity contribution in [3.63, 3.8) is 0 Å². The van der Waals surface area contributed by atoms with Crippen LogP contribution in [0.1, 0.15) is 13.3 Å². The fourth-order valence-electron chi connectivity index (χ4n) is 1.58. The average molecular weight is 255 g/mol. The standard InChI is InChI=1S/C10H11BrN2O/c1-7-4-5-13(10(7)14)9-3-2-8(11)6-12-9/h2-3,6-7H,4-5H2,1H3. The highest BCUT2D eigenvalue weighted by Gasteiger charge is 2.29. The predicted molar refractivity (Wildman–Crippen MR) is 58.1 cm³/mol. The second kappa shape index (κ2) is 3.69. The summed E-state index contributed by atoms with van der Waals surface area (Å²) in [5, 5.41) is 0. The first-order valence-electron chi connectivity index (χ1n) is 4.61. The Hall–Kier alpha value is -0.900. The first-order chi connectivity index (χ1) is 6.68. The molecule has 1 unspecified atom stereocenters. The monoisotopic (exact) mass is 254 g/mol. The number of carbonyl (C=O) groups excluding carboxylic acids is 1. The van der Waals surface area contributed by atoms with E-state index >= 15 is 0 Å². The molecule has 1 aliphatic rings. The van der Waals surface area contributed by atoms with Gasteiger partial charge in [0.2, 0.25) is 5.91 Å². The molecule has 0 radical (unpaired) electrons. The number of pyridine rings is 1. The highest BCUT2D eigenvalue weighted by molar-refractivity contribution is 9.10. The van der Waals surface area contributed by atoms with Gasteiger partial charge in [-0.1, -0.05) is 6.92 Å². The van der Waals surface area contributed by atoms with Gasteiger partial charge in [0.15, 0.2) is 0 Å². The van der Waals surface area contributed by atoms with Crippen LogP contribution in [-0.4, -0.2) is 17.4 Å². The third-order valence-electron chi connectivity index (χ3n) is 2.46. The second-order valence-corrected chi connectivity index (χ2v) is 4.43. The SMILES string of the molecule is CC1CCN(c2ccc(Br)cn2)C1=O. The van der Waals surface area contributed by atoms with Gasteiger partial charge in [-0.25, -0.2) is 4.98 Å². The third-order valence-corrected chi connectivity index (χ3v) is 2.93. The van der Waals surface area contributed by atoms with Crippen molar-refractivity contribution in [2.45, 2.75) is 13.3 Å². The highest BCUT2D eigenvalue weighted by atomic mass is 79.9. The summed E-state index contributed by atoms with van der Waals surface area (Å²) in [7, 11) is 0. The molecule has 1 aromatic rings. The lowest BCUT2D eigenvalue weighted by atomic mass is 10.1. The van der Waals surface area contributed by atoms with E-state index in [1.807, 2.05) is 19.1 Å². The van der Waals surface area contributed by atoms with Crippen molar-refractivity contribution >= 4 is 27.7 Å². The van der Waals surface area contributed by atoms with E-state index in [4.69, 9.17) is 0 Å². The summed E-state index contributed by atoms with van der Waals surface area (Å²) in [6.07, 6.45) is 2.64. The quantitative estimate of drug-likeness (QED) is 0.770. The van der Waals surface area contributed by atoms with Crippen LogP contribution in [-0.2, 0) is 4.79 Å². The Morgan fingerprint density at radius 1 is 1.57 bits per heavy atom. The van der Waals surface area contributed by atoms with Crippen molar-refractivity contribution in [1.82, 2.24) is 4.98 Å². The molecule has 0 bridgehead atoms. The molecule has 1 atom stereocenters. The van der Waals surface area contributed by atoms with E-state index in [9.17, 15) is 4.79 Å². The summed E-state index contributed by atoms with van der Waals surface area (Å²) in [5.74, 6) is 1.07. The topological polar surface area (TPSA) is 33.2 Å². The molecule has 1 aliphatic heterocycles. The number of nitrogens with zero attached hydrogens (tertiary/aromatic N) is 2. The van der Waals surface area contributed by atoms with Crippen LogP contribution in [0.4, 0.5) is 5.82 Å². The van der Waals surface area contributed by atoms with Gasteiger partial charge in [-0.05, 0) is 34.5 Å². The van der Waals surface area contributed by atoms with Gasteiger partial charge in [0.25, 0.3) is 0 Å². The predicted octanol–water partition coefficient (Wildman–Crippen LogP) is 2.22. The molecule has 0 spiro atoms. The molecule has 3 nitrogen and oxygen atoms in total. The van der Waals surface area contributed by atoms with Gasteiger partial charge >= 0.3 is 0 Å². The minimum atomic E-state index is 0.139. The van der Waals surface area contributed by atoms with Gasteiger partial charge in [0.05, 0.1) is 0 Å². The maximum Gasteiger partial charge on any atom is 0.231 e. The normalized spacial score (nSPS) is 21.7. The summed E-state index contributed by atoms with van der Waals surface area (Å²) in [6.45, 7) is 2.75. The Kier molecular flexibility index (Phi) is 2.54. The van der Waals surface area contributed by atoms with Gasteiger partial charge in [0, 0.05) is 23.1 Å². The van der Waals surface area contributed by atoms with Crippen molar-refractivity contribution in [1.29, 1.82) is 0 Å². The smallest absolute Gasteiger partial charge is 0.231 e. The van der Waals surface area contributed by atoms with E-state index in [1.165, 1.54) is 0 Å². The second-order valence-electron chi connectivity index (χ2n) is 3.51. The van der Waals surface area contributed by atoms with E-state index < -0.39 is 0 Å². The Morgan fingerprint density at radius 3 is 2.86 bits per heavy atom. The van der Waals surface area contributed by atoms with Crippen LogP contribution in [0.15, 0.2) is 22.8 Å². The number of amides is 1. The van der Waals surface area contributed by atoms with Crippen LogP contribution in [0.5, 0.6) is 0 Å². The Labute approximate surface area is 91.3 Å². The van der Waals surface area contributed by atoms with Gasteiger partial charge in [0.1, 0.15) is 5.82 Å². The molecule has 2 rings (SSSR count). The number of halogens is 1. The summed E-state index contributed by atoms with van der Waals surface area (Å²) in [4.78, 5) is 17.6. The molecular formula is C10H11BrN2O. The lowest BCUT2D eigenvalue weighted by Crippen LogP contribution is -2.26. The number of rotatable bonds is 1. The fourth-order valence-corrected chi connectivity index (χ4v) is 1.81. The lowest BCUT2D eigenvalue weighted by molar-refractivity contribution is -0.119. The van der Waals surface area contributed by atoms with Crippen LogP contribution in [0.3, 0.4) is 0 Å². The van der Waals surface area contributed by atoms with Gasteiger partial charge < -0.3 is 0 Å². The number of aromatic nitrogens is 1. The van der Waals surface area contributed by atoms with E-state index in [1.54, 1.807) is 11.1 Å². The minimum absolute atomic E-state index is 0.139. The Morgan fingerprint density at radius 2 is 2.36 bits per heavy atom. The van der Waals surface area contributed by atoms with Crippen molar-refractivity contribution < 1.29 is 4.79 Å². The van der Waals surface area contributed by atoms with E-state index in [0.717, 1.165) is 23.3 Å². The molecule has 74 valence electrons. The molecule has 1 saturated heterocycles.